The van der Waals surface area contributed by atoms with Crippen LogP contribution in [0.25, 0.3) is 11.0 Å². The maximum atomic E-state index is 13.7. The smallest absolute Gasteiger partial charge is 0.416 e. The van der Waals surface area contributed by atoms with Gasteiger partial charge in [0.15, 0.2) is 5.65 Å². The first kappa shape index (κ1) is 21.7. The van der Waals surface area contributed by atoms with Crippen LogP contribution in [0.1, 0.15) is 36.1 Å². The van der Waals surface area contributed by atoms with Crippen LogP contribution >= 0.6 is 0 Å². The molecule has 3 aromatic rings. The highest BCUT2D eigenvalue weighted by atomic mass is 19.4. The quantitative estimate of drug-likeness (QED) is 0.610. The van der Waals surface area contributed by atoms with Crippen molar-refractivity contribution in [3.8, 4) is 6.01 Å². The van der Waals surface area contributed by atoms with Gasteiger partial charge in [0.25, 0.3) is 0 Å². The highest BCUT2D eigenvalue weighted by Gasteiger charge is 2.35. The van der Waals surface area contributed by atoms with E-state index in [0.717, 1.165) is 24.8 Å². The zero-order valence-electron chi connectivity index (χ0n) is 18.3. The third kappa shape index (κ3) is 4.15. The van der Waals surface area contributed by atoms with Gasteiger partial charge in [-0.3, -0.25) is 0 Å². The molecule has 0 radical (unpaired) electrons. The van der Waals surface area contributed by atoms with E-state index < -0.39 is 17.8 Å². The van der Waals surface area contributed by atoms with Gasteiger partial charge in [-0.15, -0.1) is 0 Å². The predicted molar refractivity (Wildman–Crippen MR) is 118 cm³/mol. The molecule has 2 aliphatic heterocycles. The highest BCUT2D eigenvalue weighted by molar-refractivity contribution is 5.89. The minimum absolute atomic E-state index is 0.155. The summed E-state index contributed by atoms with van der Waals surface area (Å²) in [7, 11) is 1.69. The summed E-state index contributed by atoms with van der Waals surface area (Å²) in [6.07, 6.45) is -1.84. The molecule has 0 unspecified atom stereocenters. The fourth-order valence-corrected chi connectivity index (χ4v) is 4.38. The first-order valence-corrected chi connectivity index (χ1v) is 10.9. The lowest BCUT2D eigenvalue weighted by atomic mass is 9.92. The van der Waals surface area contributed by atoms with Crippen molar-refractivity contribution in [3.63, 3.8) is 0 Å². The maximum Gasteiger partial charge on any atom is 0.416 e. The number of nitrogens with one attached hydrogen (secondary N) is 1. The van der Waals surface area contributed by atoms with Crippen LogP contribution in [0.2, 0.25) is 0 Å². The van der Waals surface area contributed by atoms with Crippen LogP contribution in [0.5, 0.6) is 6.01 Å². The number of ether oxygens (including phenoxy) is 2. The number of hydrogen-bond donors (Lipinski definition) is 1. The van der Waals surface area contributed by atoms with Gasteiger partial charge in [-0.2, -0.15) is 23.1 Å². The molecule has 0 spiro atoms. The number of nitrogens with zero attached hydrogens (tertiary/aromatic N) is 4. The van der Waals surface area contributed by atoms with Crippen LogP contribution in [0.15, 0.2) is 30.5 Å². The molecular formula is C23H24F3N5O2. The van der Waals surface area contributed by atoms with E-state index in [-0.39, 0.29) is 30.7 Å². The van der Waals surface area contributed by atoms with Crippen LogP contribution in [-0.2, 0) is 17.3 Å². The van der Waals surface area contributed by atoms with Gasteiger partial charge >= 0.3 is 12.2 Å². The minimum atomic E-state index is -4.42. The Morgan fingerprint density at radius 2 is 2.03 bits per heavy atom. The van der Waals surface area contributed by atoms with E-state index in [4.69, 9.17) is 9.47 Å². The van der Waals surface area contributed by atoms with Gasteiger partial charge < -0.3 is 19.7 Å². The maximum absolute atomic E-state index is 13.7. The number of hydrogen-bond acceptors (Lipinski definition) is 7. The van der Waals surface area contributed by atoms with Crippen LogP contribution in [0.3, 0.4) is 0 Å². The van der Waals surface area contributed by atoms with E-state index in [2.05, 4.69) is 25.2 Å². The van der Waals surface area contributed by atoms with Gasteiger partial charge in [0.1, 0.15) is 5.82 Å². The van der Waals surface area contributed by atoms with Crippen molar-refractivity contribution in [2.45, 2.75) is 38.1 Å². The van der Waals surface area contributed by atoms with Crippen LogP contribution in [-0.4, -0.2) is 47.9 Å². The second-order valence-electron chi connectivity index (χ2n) is 8.37. The molecule has 10 heteroatoms. The minimum Gasteiger partial charge on any atom is -0.463 e. The molecule has 2 bridgehead atoms. The van der Waals surface area contributed by atoms with Crippen molar-refractivity contribution in [1.29, 1.82) is 0 Å². The summed E-state index contributed by atoms with van der Waals surface area (Å²) >= 11 is 0. The summed E-state index contributed by atoms with van der Waals surface area (Å²) in [5.74, 6) is 0.478. The van der Waals surface area contributed by atoms with E-state index >= 15 is 0 Å². The molecule has 0 aliphatic carbocycles. The van der Waals surface area contributed by atoms with Gasteiger partial charge in [0, 0.05) is 20.2 Å². The molecule has 4 heterocycles. The lowest BCUT2D eigenvalue weighted by molar-refractivity contribution is -0.138. The molecule has 1 aromatic carbocycles. The van der Waals surface area contributed by atoms with Gasteiger partial charge in [0.2, 0.25) is 0 Å². The summed E-state index contributed by atoms with van der Waals surface area (Å²) in [4.78, 5) is 15.6. The van der Waals surface area contributed by atoms with Crippen LogP contribution in [0, 0.1) is 0 Å². The number of anilines is 2. The Morgan fingerprint density at radius 1 is 1.21 bits per heavy atom. The molecular weight excluding hydrogens is 435 g/mol. The molecule has 1 atom stereocenters. The largest absolute Gasteiger partial charge is 0.463 e. The second-order valence-corrected chi connectivity index (χ2v) is 8.37. The molecule has 5 rings (SSSR count). The number of halogens is 3. The SMILES string of the molecule is COC1CN(c2cnc3nc4nc(c3c2)N[C@H](C)c2cccc(C(F)(F)F)c2CCCO4)C1. The Labute approximate surface area is 189 Å². The number of aromatic nitrogens is 3. The highest BCUT2D eigenvalue weighted by Crippen LogP contribution is 2.37. The summed E-state index contributed by atoms with van der Waals surface area (Å²) in [5, 5.41) is 3.98. The number of fused-ring (bicyclic) bond motifs is 5. The number of pyridine rings is 1. The Hall–Kier alpha value is -3.14. The van der Waals surface area contributed by atoms with Gasteiger partial charge in [0.05, 0.1) is 41.6 Å². The number of alkyl halides is 3. The van der Waals surface area contributed by atoms with Gasteiger partial charge in [-0.25, -0.2) is 4.98 Å². The number of methoxy groups -OCH3 is 1. The molecule has 174 valence electrons. The topological polar surface area (TPSA) is 72.4 Å². The molecule has 1 N–H and O–H groups in total. The monoisotopic (exact) mass is 459 g/mol. The molecule has 2 aromatic heterocycles. The van der Waals surface area contributed by atoms with Crippen molar-refractivity contribution in [2.75, 3.05) is 37.0 Å². The average Bonchev–Trinajstić information content (AvgIpc) is 2.77. The Morgan fingerprint density at radius 3 is 2.79 bits per heavy atom. The fraction of sp³-hybridized carbons (Fsp3) is 0.435. The van der Waals surface area contributed by atoms with E-state index in [0.29, 0.717) is 28.8 Å². The number of rotatable bonds is 2. The molecule has 33 heavy (non-hydrogen) atoms. The van der Waals surface area contributed by atoms with E-state index in [1.807, 2.05) is 13.0 Å². The summed E-state index contributed by atoms with van der Waals surface area (Å²) < 4.78 is 52.2. The van der Waals surface area contributed by atoms with Crippen LogP contribution < -0.4 is 15.0 Å². The van der Waals surface area contributed by atoms with Gasteiger partial charge in [-0.05, 0) is 43.0 Å². The normalized spacial score (nSPS) is 19.2. The summed E-state index contributed by atoms with van der Waals surface area (Å²) in [5.41, 5.74) is 1.64. The zero-order valence-corrected chi connectivity index (χ0v) is 18.3. The first-order valence-electron chi connectivity index (χ1n) is 10.9. The molecule has 1 saturated heterocycles. The van der Waals surface area contributed by atoms with Crippen molar-refractivity contribution >= 4 is 22.5 Å². The number of benzene rings is 1. The van der Waals surface area contributed by atoms with Crippen molar-refractivity contribution < 1.29 is 22.6 Å². The summed E-state index contributed by atoms with van der Waals surface area (Å²) in [6, 6.07) is 6.01. The molecule has 0 amide bonds. The zero-order chi connectivity index (χ0) is 23.2. The predicted octanol–water partition coefficient (Wildman–Crippen LogP) is 4.38. The Bertz CT molecular complexity index is 1180. The van der Waals surface area contributed by atoms with E-state index in [1.54, 1.807) is 19.4 Å². The third-order valence-corrected chi connectivity index (χ3v) is 6.20. The second kappa shape index (κ2) is 8.33. The fourth-order valence-electron chi connectivity index (χ4n) is 4.38. The van der Waals surface area contributed by atoms with Crippen molar-refractivity contribution in [3.05, 3.63) is 47.2 Å². The van der Waals surface area contributed by atoms with E-state index in [9.17, 15) is 13.2 Å². The van der Waals surface area contributed by atoms with Crippen LogP contribution in [0.4, 0.5) is 24.7 Å². The first-order chi connectivity index (χ1) is 15.8. The van der Waals surface area contributed by atoms with Crippen molar-refractivity contribution in [1.82, 2.24) is 15.0 Å². The lowest BCUT2D eigenvalue weighted by Crippen LogP contribution is -2.51. The third-order valence-electron chi connectivity index (χ3n) is 6.20. The van der Waals surface area contributed by atoms with Crippen molar-refractivity contribution in [2.24, 2.45) is 0 Å². The standard InChI is InChI=1S/C23H24F3N5O2/c1-13-16-5-3-7-19(23(24,25)26)17(16)6-4-8-33-22-29-20-18(21(28-13)30-22)9-14(10-27-20)31-11-15(12-31)32-2/h3,5,7,9-10,13,15H,4,6,8,11-12H2,1-2H3,(H,27,28,29,30)/t13-/m1/s1. The van der Waals surface area contributed by atoms with E-state index in [1.165, 1.54) is 6.07 Å². The molecule has 7 nitrogen and oxygen atoms in total. The molecule has 2 aliphatic rings. The lowest BCUT2D eigenvalue weighted by Gasteiger charge is -2.39. The average molecular weight is 459 g/mol. The Balaban J connectivity index is 1.56. The van der Waals surface area contributed by atoms with Gasteiger partial charge in [-0.1, -0.05) is 12.1 Å². The summed E-state index contributed by atoms with van der Waals surface area (Å²) in [6.45, 7) is 3.56. The Kier molecular flexibility index (Phi) is 5.48. The molecule has 1 fully saturated rings. The molecule has 0 saturated carbocycles.